The fraction of sp³-hybridized carbons (Fsp3) is 0.471. The van der Waals surface area contributed by atoms with Gasteiger partial charge in [-0.25, -0.2) is 0 Å². The van der Waals surface area contributed by atoms with E-state index in [1.54, 1.807) is 0 Å². The van der Waals surface area contributed by atoms with E-state index in [-0.39, 0.29) is 11.9 Å². The van der Waals surface area contributed by atoms with Crippen molar-refractivity contribution in [2.24, 2.45) is 0 Å². The quantitative estimate of drug-likeness (QED) is 0.780. The van der Waals surface area contributed by atoms with E-state index >= 15 is 0 Å². The first-order chi connectivity index (χ1) is 10.2. The predicted molar refractivity (Wildman–Crippen MR) is 91.8 cm³/mol. The molecule has 4 heteroatoms. The van der Waals surface area contributed by atoms with E-state index in [2.05, 4.69) is 47.9 Å². The van der Waals surface area contributed by atoms with Gasteiger partial charge in [0, 0.05) is 29.6 Å². The number of aryl methyl sites for hydroxylation is 1. The molecule has 1 unspecified atom stereocenters. The van der Waals surface area contributed by atoms with Crippen molar-refractivity contribution >= 4 is 28.6 Å². The van der Waals surface area contributed by atoms with Gasteiger partial charge < -0.3 is 10.3 Å². The molecule has 2 N–H and O–H groups in total. The molecule has 1 atom stereocenters. The van der Waals surface area contributed by atoms with Crippen molar-refractivity contribution < 1.29 is 4.79 Å². The summed E-state index contributed by atoms with van der Waals surface area (Å²) >= 11 is 1.82. The predicted octanol–water partition coefficient (Wildman–Crippen LogP) is 3.75. The molecule has 114 valence electrons. The van der Waals surface area contributed by atoms with Crippen LogP contribution in [0.5, 0.6) is 0 Å². The Kier molecular flexibility index (Phi) is 6.18. The van der Waals surface area contributed by atoms with Crippen LogP contribution in [0.25, 0.3) is 10.9 Å². The third-order valence-corrected chi connectivity index (χ3v) is 4.33. The Hall–Kier alpha value is -1.42. The van der Waals surface area contributed by atoms with E-state index in [0.717, 1.165) is 25.0 Å². The summed E-state index contributed by atoms with van der Waals surface area (Å²) in [6.45, 7) is 2.08. The van der Waals surface area contributed by atoms with Gasteiger partial charge in [0.25, 0.3) is 0 Å². The van der Waals surface area contributed by atoms with Gasteiger partial charge in [-0.05, 0) is 49.8 Å². The minimum absolute atomic E-state index is 0.170. The molecule has 0 saturated heterocycles. The van der Waals surface area contributed by atoms with Crippen LogP contribution in [-0.4, -0.2) is 28.9 Å². The first kappa shape index (κ1) is 16.0. The minimum atomic E-state index is 0.170. The van der Waals surface area contributed by atoms with Crippen LogP contribution < -0.4 is 5.32 Å². The third-order valence-electron chi connectivity index (χ3n) is 3.69. The number of rotatable bonds is 8. The lowest BCUT2D eigenvalue weighted by Gasteiger charge is -2.12. The summed E-state index contributed by atoms with van der Waals surface area (Å²) in [6.07, 6.45) is 7.62. The molecule has 1 heterocycles. The number of aromatic nitrogens is 1. The maximum Gasteiger partial charge on any atom is 0.220 e. The lowest BCUT2D eigenvalue weighted by molar-refractivity contribution is -0.121. The average molecular weight is 304 g/mol. The Morgan fingerprint density at radius 1 is 1.38 bits per heavy atom. The van der Waals surface area contributed by atoms with Crippen LogP contribution in [0, 0.1) is 0 Å². The van der Waals surface area contributed by atoms with Crippen molar-refractivity contribution in [3.8, 4) is 0 Å². The van der Waals surface area contributed by atoms with Crippen molar-refractivity contribution in [1.29, 1.82) is 0 Å². The fourth-order valence-electron chi connectivity index (χ4n) is 2.49. The van der Waals surface area contributed by atoms with Crippen LogP contribution in [0.4, 0.5) is 0 Å². The smallest absolute Gasteiger partial charge is 0.220 e. The third kappa shape index (κ3) is 4.81. The standard InChI is InChI=1S/C17H24N2OS/c1-13(10-11-21-2)19-17(20)9-5-6-14-12-18-16-8-4-3-7-15(14)16/h3-4,7-8,12-13,18H,5-6,9-11H2,1-2H3,(H,19,20). The van der Waals surface area contributed by atoms with E-state index in [9.17, 15) is 4.79 Å². The molecule has 0 bridgehead atoms. The molecule has 3 nitrogen and oxygen atoms in total. The molecular weight excluding hydrogens is 280 g/mol. The fourth-order valence-corrected chi connectivity index (χ4v) is 3.08. The highest BCUT2D eigenvalue weighted by Crippen LogP contribution is 2.19. The lowest BCUT2D eigenvalue weighted by atomic mass is 10.1. The summed E-state index contributed by atoms with van der Waals surface area (Å²) in [4.78, 5) is 15.2. The zero-order chi connectivity index (χ0) is 15.1. The number of H-pyrrole nitrogens is 1. The Balaban J connectivity index is 1.75. The number of fused-ring (bicyclic) bond motifs is 1. The molecule has 0 aliphatic rings. The molecule has 21 heavy (non-hydrogen) atoms. The summed E-state index contributed by atoms with van der Waals surface area (Å²) in [5.41, 5.74) is 2.47. The number of para-hydroxylation sites is 1. The van der Waals surface area contributed by atoms with Gasteiger partial charge in [-0.1, -0.05) is 18.2 Å². The van der Waals surface area contributed by atoms with Crippen LogP contribution in [0.1, 0.15) is 31.7 Å². The summed E-state index contributed by atoms with van der Waals surface area (Å²) < 4.78 is 0. The van der Waals surface area contributed by atoms with Crippen LogP contribution in [-0.2, 0) is 11.2 Å². The first-order valence-electron chi connectivity index (χ1n) is 7.54. The van der Waals surface area contributed by atoms with Gasteiger partial charge in [0.2, 0.25) is 5.91 Å². The molecule has 0 saturated carbocycles. The average Bonchev–Trinajstić information content (AvgIpc) is 2.88. The molecule has 1 amide bonds. The zero-order valence-electron chi connectivity index (χ0n) is 12.8. The second kappa shape index (κ2) is 8.13. The monoisotopic (exact) mass is 304 g/mol. The van der Waals surface area contributed by atoms with Crippen LogP contribution in [0.2, 0.25) is 0 Å². The maximum atomic E-state index is 11.9. The van der Waals surface area contributed by atoms with E-state index in [1.165, 1.54) is 16.5 Å². The largest absolute Gasteiger partial charge is 0.361 e. The highest BCUT2D eigenvalue weighted by Gasteiger charge is 2.08. The number of hydrogen-bond acceptors (Lipinski definition) is 2. The highest BCUT2D eigenvalue weighted by molar-refractivity contribution is 7.98. The molecule has 0 aliphatic heterocycles. The van der Waals surface area contributed by atoms with Gasteiger partial charge in [0.05, 0.1) is 0 Å². The summed E-state index contributed by atoms with van der Waals surface area (Å²) in [5, 5.41) is 4.34. The molecule has 1 aromatic heterocycles. The van der Waals surface area contributed by atoms with Crippen LogP contribution >= 0.6 is 11.8 Å². The van der Waals surface area contributed by atoms with Crippen molar-refractivity contribution in [2.45, 2.75) is 38.6 Å². The Labute approximate surface area is 130 Å². The second-order valence-electron chi connectivity index (χ2n) is 5.46. The van der Waals surface area contributed by atoms with Crippen molar-refractivity contribution in [1.82, 2.24) is 10.3 Å². The van der Waals surface area contributed by atoms with Crippen LogP contribution in [0.3, 0.4) is 0 Å². The number of carbonyl (C=O) groups excluding carboxylic acids is 1. The molecule has 0 spiro atoms. The van der Waals surface area contributed by atoms with Crippen molar-refractivity contribution in [2.75, 3.05) is 12.0 Å². The number of amides is 1. The Morgan fingerprint density at radius 3 is 3.00 bits per heavy atom. The Bertz CT molecular complexity index is 579. The van der Waals surface area contributed by atoms with Gasteiger partial charge in [-0.3, -0.25) is 4.79 Å². The lowest BCUT2D eigenvalue weighted by Crippen LogP contribution is -2.32. The van der Waals surface area contributed by atoms with Crippen molar-refractivity contribution in [3.63, 3.8) is 0 Å². The van der Waals surface area contributed by atoms with E-state index in [1.807, 2.05) is 17.8 Å². The number of thioether (sulfide) groups is 1. The van der Waals surface area contributed by atoms with Gasteiger partial charge in [0.15, 0.2) is 0 Å². The van der Waals surface area contributed by atoms with Gasteiger partial charge in [-0.15, -0.1) is 0 Å². The molecular formula is C17H24N2OS. The van der Waals surface area contributed by atoms with Gasteiger partial charge in [-0.2, -0.15) is 11.8 Å². The molecule has 0 fully saturated rings. The van der Waals surface area contributed by atoms with Gasteiger partial charge in [0.1, 0.15) is 0 Å². The number of hydrogen-bond donors (Lipinski definition) is 2. The SMILES string of the molecule is CSCCC(C)NC(=O)CCCc1c[nH]c2ccccc12. The normalized spacial score (nSPS) is 12.5. The van der Waals surface area contributed by atoms with Gasteiger partial charge >= 0.3 is 0 Å². The number of aromatic amines is 1. The summed E-state index contributed by atoms with van der Waals surface area (Å²) in [6, 6.07) is 8.58. The maximum absolute atomic E-state index is 11.9. The number of carbonyl (C=O) groups is 1. The second-order valence-corrected chi connectivity index (χ2v) is 6.45. The van der Waals surface area contributed by atoms with E-state index < -0.39 is 0 Å². The minimum Gasteiger partial charge on any atom is -0.361 e. The molecule has 1 aromatic carbocycles. The molecule has 2 rings (SSSR count). The zero-order valence-corrected chi connectivity index (χ0v) is 13.6. The number of benzene rings is 1. The molecule has 0 radical (unpaired) electrons. The Morgan fingerprint density at radius 2 is 2.19 bits per heavy atom. The molecule has 0 aliphatic carbocycles. The van der Waals surface area contributed by atoms with E-state index in [4.69, 9.17) is 0 Å². The first-order valence-corrected chi connectivity index (χ1v) is 8.93. The highest BCUT2D eigenvalue weighted by atomic mass is 32.2. The topological polar surface area (TPSA) is 44.9 Å². The summed E-state index contributed by atoms with van der Waals surface area (Å²) in [5.74, 6) is 1.26. The number of nitrogens with one attached hydrogen (secondary N) is 2. The molecule has 2 aromatic rings. The van der Waals surface area contributed by atoms with E-state index in [0.29, 0.717) is 6.42 Å². The van der Waals surface area contributed by atoms with Crippen molar-refractivity contribution in [3.05, 3.63) is 36.0 Å². The summed E-state index contributed by atoms with van der Waals surface area (Å²) in [7, 11) is 0. The van der Waals surface area contributed by atoms with Crippen LogP contribution in [0.15, 0.2) is 30.5 Å².